The van der Waals surface area contributed by atoms with E-state index in [1.165, 1.54) is 64.6 Å². The third-order valence-electron chi connectivity index (χ3n) is 13.2. The maximum Gasteiger partial charge on any atom is 0.128 e. The Hall–Kier alpha value is -6.11. The molecule has 6 unspecified atom stereocenters. The number of para-hydroxylation sites is 1. The van der Waals surface area contributed by atoms with Crippen molar-refractivity contribution in [3.8, 4) is 11.1 Å². The van der Waals surface area contributed by atoms with Crippen molar-refractivity contribution in [3.63, 3.8) is 0 Å². The second-order valence-electron chi connectivity index (χ2n) is 16.6. The first-order valence-electron chi connectivity index (χ1n) is 20.9. The number of aromatic nitrogens is 1. The zero-order chi connectivity index (χ0) is 39.7. The van der Waals surface area contributed by atoms with E-state index in [-0.39, 0.29) is 5.92 Å². The monoisotopic (exact) mass is 782 g/mol. The number of nitrogens with zero attached hydrogens (tertiary/aromatic N) is 2. The normalized spacial score (nSPS) is 21.6. The van der Waals surface area contributed by atoms with Crippen molar-refractivity contribution in [3.05, 3.63) is 208 Å². The van der Waals surface area contributed by atoms with Gasteiger partial charge in [-0.15, -0.1) is 11.3 Å². The fourth-order valence-corrected chi connectivity index (χ4v) is 11.8. The van der Waals surface area contributed by atoms with Crippen molar-refractivity contribution < 1.29 is 0 Å². The molecule has 6 atom stereocenters. The van der Waals surface area contributed by atoms with E-state index < -0.39 is 17.7 Å². The molecule has 6 aromatic carbocycles. The van der Waals surface area contributed by atoms with E-state index in [2.05, 4.69) is 206 Å². The topological polar surface area (TPSA) is 55.3 Å². The van der Waals surface area contributed by atoms with Crippen LogP contribution in [0.4, 0.5) is 0 Å². The molecule has 3 aliphatic rings. The van der Waals surface area contributed by atoms with E-state index in [0.717, 1.165) is 23.1 Å². The van der Waals surface area contributed by atoms with Crippen molar-refractivity contribution >= 4 is 55.6 Å². The van der Waals surface area contributed by atoms with Gasteiger partial charge in [-0.2, -0.15) is 0 Å². The second-order valence-corrected chi connectivity index (χ2v) is 17.6. The molecule has 59 heavy (non-hydrogen) atoms. The summed E-state index contributed by atoms with van der Waals surface area (Å²) in [7, 11) is 0. The lowest BCUT2D eigenvalue weighted by Crippen LogP contribution is -2.39. The van der Waals surface area contributed by atoms with Gasteiger partial charge in [-0.25, -0.2) is 0 Å². The van der Waals surface area contributed by atoms with E-state index in [9.17, 15) is 0 Å². The van der Waals surface area contributed by atoms with Crippen molar-refractivity contribution in [2.24, 2.45) is 28.5 Å². The first-order valence-corrected chi connectivity index (χ1v) is 21.7. The van der Waals surface area contributed by atoms with E-state index in [1.807, 2.05) is 11.3 Å². The average molecular weight is 783 g/mol. The lowest BCUT2D eigenvalue weighted by molar-refractivity contribution is 0.376. The lowest BCUT2D eigenvalue weighted by atomic mass is 9.59. The van der Waals surface area contributed by atoms with Gasteiger partial charge in [0.25, 0.3) is 0 Å². The molecule has 0 fully saturated rings. The van der Waals surface area contributed by atoms with Gasteiger partial charge in [0, 0.05) is 37.4 Å². The van der Waals surface area contributed by atoms with Crippen LogP contribution in [-0.2, 0) is 11.8 Å². The number of allylic oxidation sites excluding steroid dienone is 5. The fourth-order valence-electron chi connectivity index (χ4n) is 10.5. The highest BCUT2D eigenvalue weighted by Crippen LogP contribution is 2.61. The number of nitrogens with one attached hydrogen (secondary N) is 1. The Bertz CT molecular complexity index is 3020. The Kier molecular flexibility index (Phi) is 8.74. The van der Waals surface area contributed by atoms with Gasteiger partial charge in [0.2, 0.25) is 0 Å². The molecule has 288 valence electrons. The van der Waals surface area contributed by atoms with Crippen LogP contribution in [0.2, 0.25) is 0 Å². The number of hydrogen-bond acceptors (Lipinski definition) is 4. The smallest absolute Gasteiger partial charge is 0.128 e. The average Bonchev–Trinajstić information content (AvgIpc) is 3.92. The third-order valence-corrected chi connectivity index (χ3v) is 14.4. The SMILES string of the molecule is CC1C=Cc2sc3c(C(N)NC(/N=C/n4c5ccccc5c5ccc6c(c54)C(c4ccccc4)(C4C=CC=CC4C)c4ccccc4-6)c4ccccc4)cccc3c2C1. The number of fused-ring (bicyclic) bond motifs is 10. The summed E-state index contributed by atoms with van der Waals surface area (Å²) in [5.74, 6) is 1.00. The fraction of sp³-hybridized carbons (Fsp3) is 0.167. The third kappa shape index (κ3) is 5.60. The Balaban J connectivity index is 1.12. The number of benzene rings is 6. The van der Waals surface area contributed by atoms with Gasteiger partial charge in [0.1, 0.15) is 6.17 Å². The largest absolute Gasteiger partial charge is 0.312 e. The van der Waals surface area contributed by atoms with Gasteiger partial charge in [-0.1, -0.05) is 178 Å². The summed E-state index contributed by atoms with van der Waals surface area (Å²) >= 11 is 1.85. The van der Waals surface area contributed by atoms with Crippen LogP contribution in [0.1, 0.15) is 64.4 Å². The van der Waals surface area contributed by atoms with Crippen molar-refractivity contribution in [2.75, 3.05) is 0 Å². The number of thiophene rings is 1. The highest BCUT2D eigenvalue weighted by molar-refractivity contribution is 7.20. The Morgan fingerprint density at radius 2 is 1.49 bits per heavy atom. The molecule has 2 heterocycles. The van der Waals surface area contributed by atoms with Crippen LogP contribution in [0.25, 0.3) is 49.1 Å². The lowest BCUT2D eigenvalue weighted by Gasteiger charge is -2.42. The molecule has 0 spiro atoms. The quantitative estimate of drug-likeness (QED) is 0.0916. The highest BCUT2D eigenvalue weighted by atomic mass is 32.1. The van der Waals surface area contributed by atoms with Gasteiger partial charge in [-0.3, -0.25) is 14.9 Å². The summed E-state index contributed by atoms with van der Waals surface area (Å²) in [5.41, 5.74) is 19.2. The minimum absolute atomic E-state index is 0.173. The molecule has 0 saturated heterocycles. The molecule has 2 aromatic heterocycles. The summed E-state index contributed by atoms with van der Waals surface area (Å²) in [6.45, 7) is 4.66. The summed E-state index contributed by atoms with van der Waals surface area (Å²) in [6, 6.07) is 50.9. The molecule has 3 N–H and O–H groups in total. The van der Waals surface area contributed by atoms with Crippen LogP contribution < -0.4 is 11.1 Å². The van der Waals surface area contributed by atoms with E-state index in [1.54, 1.807) is 0 Å². The zero-order valence-electron chi connectivity index (χ0n) is 33.3. The van der Waals surface area contributed by atoms with Gasteiger partial charge < -0.3 is 5.73 Å². The Morgan fingerprint density at radius 1 is 0.746 bits per heavy atom. The van der Waals surface area contributed by atoms with Gasteiger partial charge in [-0.05, 0) is 69.2 Å². The van der Waals surface area contributed by atoms with Crippen LogP contribution in [0.15, 0.2) is 175 Å². The van der Waals surface area contributed by atoms with Crippen LogP contribution in [0.3, 0.4) is 0 Å². The second kappa shape index (κ2) is 14.3. The maximum atomic E-state index is 7.22. The Morgan fingerprint density at radius 3 is 2.34 bits per heavy atom. The minimum atomic E-state index is -0.460. The summed E-state index contributed by atoms with van der Waals surface area (Å²) in [4.78, 5) is 6.84. The van der Waals surface area contributed by atoms with Crippen molar-refractivity contribution in [1.29, 1.82) is 0 Å². The summed E-state index contributed by atoms with van der Waals surface area (Å²) in [5, 5.41) is 7.54. The van der Waals surface area contributed by atoms with Gasteiger partial charge in [0.05, 0.1) is 29.0 Å². The van der Waals surface area contributed by atoms with Crippen molar-refractivity contribution in [2.45, 2.75) is 38.0 Å². The molecule has 8 aromatic rings. The first kappa shape index (κ1) is 36.0. The van der Waals surface area contributed by atoms with Gasteiger partial charge in [0.15, 0.2) is 0 Å². The van der Waals surface area contributed by atoms with Gasteiger partial charge >= 0.3 is 0 Å². The summed E-state index contributed by atoms with van der Waals surface area (Å²) < 4.78 is 3.62. The predicted octanol–water partition coefficient (Wildman–Crippen LogP) is 12.7. The van der Waals surface area contributed by atoms with Crippen LogP contribution in [0, 0.1) is 17.8 Å². The number of nitrogens with two attached hydrogens (primary N) is 1. The number of hydrogen-bond donors (Lipinski definition) is 2. The molecular formula is C54H46N4S. The molecule has 11 rings (SSSR count). The molecule has 4 nitrogen and oxygen atoms in total. The summed E-state index contributed by atoms with van der Waals surface area (Å²) in [6.07, 6.45) is 16.2. The van der Waals surface area contributed by atoms with E-state index >= 15 is 0 Å². The standard InChI is InChI=1S/C54H46N4S/c1-34-28-31-48-44(32-34)42-23-15-24-43(51(42)59-48)52(55)57-53(36-17-5-3-6-18-36)56-33-58-47-27-14-11-22-39(47)41-30-29-40-38-21-10-13-26-46(38)54(49(40)50(41)58,37-19-7-4-8-20-37)45-25-12-9-16-35(45)2/h3-31,33-35,45,52-53,57H,32,55H2,1-2H3/b56-33+. The van der Waals surface area contributed by atoms with Crippen LogP contribution in [-0.4, -0.2) is 10.9 Å². The maximum absolute atomic E-state index is 7.22. The molecule has 0 bridgehead atoms. The zero-order valence-corrected chi connectivity index (χ0v) is 34.1. The predicted molar refractivity (Wildman–Crippen MR) is 249 cm³/mol. The number of aliphatic imine (C=N–C) groups is 1. The van der Waals surface area contributed by atoms with E-state index in [0.29, 0.717) is 11.8 Å². The van der Waals surface area contributed by atoms with E-state index in [4.69, 9.17) is 10.7 Å². The molecule has 5 heteroatoms. The molecule has 0 amide bonds. The Labute approximate surface area is 349 Å². The minimum Gasteiger partial charge on any atom is -0.312 e. The first-order chi connectivity index (χ1) is 29.0. The van der Waals surface area contributed by atoms with Crippen LogP contribution >= 0.6 is 11.3 Å². The molecule has 0 aliphatic heterocycles. The number of rotatable bonds is 8. The molecule has 3 aliphatic carbocycles. The molecule has 0 saturated carbocycles. The molecular weight excluding hydrogens is 737 g/mol. The molecule has 0 radical (unpaired) electrons. The highest BCUT2D eigenvalue weighted by Gasteiger charge is 2.52. The van der Waals surface area contributed by atoms with Crippen molar-refractivity contribution in [1.82, 2.24) is 9.88 Å². The van der Waals surface area contributed by atoms with Crippen LogP contribution in [0.5, 0.6) is 0 Å².